The third kappa shape index (κ3) is 3.94. The summed E-state index contributed by atoms with van der Waals surface area (Å²) in [6, 6.07) is 14.0. The molecule has 3 rings (SSSR count). The van der Waals surface area contributed by atoms with Crippen molar-refractivity contribution in [1.82, 2.24) is 5.32 Å². The fraction of sp³-hybridized carbons (Fsp3) is 0.400. The number of fused-ring (bicyclic) bond motifs is 1. The molecular weight excluding hydrogens is 302 g/mol. The lowest BCUT2D eigenvalue weighted by Gasteiger charge is -2.17. The van der Waals surface area contributed by atoms with E-state index in [1.807, 2.05) is 42.5 Å². The molecule has 1 atom stereocenters. The molecule has 126 valence electrons. The number of carbonyl (C=O) groups is 2. The molecule has 1 aliphatic rings. The van der Waals surface area contributed by atoms with Crippen molar-refractivity contribution in [3.63, 3.8) is 0 Å². The summed E-state index contributed by atoms with van der Waals surface area (Å²) in [5, 5.41) is 5.10. The van der Waals surface area contributed by atoms with Gasteiger partial charge in [-0.15, -0.1) is 0 Å². The summed E-state index contributed by atoms with van der Waals surface area (Å²) in [6.07, 6.45) is 3.75. The molecule has 1 fully saturated rings. The molecule has 0 aliphatic heterocycles. The molecule has 1 amide bonds. The molecule has 2 aromatic rings. The Balaban J connectivity index is 1.59. The Hall–Kier alpha value is -2.36. The van der Waals surface area contributed by atoms with Crippen LogP contribution in [-0.2, 0) is 20.7 Å². The van der Waals surface area contributed by atoms with E-state index in [0.717, 1.165) is 42.0 Å². The van der Waals surface area contributed by atoms with Gasteiger partial charge in [-0.2, -0.15) is 0 Å². The van der Waals surface area contributed by atoms with Gasteiger partial charge in [0.15, 0.2) is 6.10 Å². The highest BCUT2D eigenvalue weighted by Gasteiger charge is 2.23. The van der Waals surface area contributed by atoms with Crippen LogP contribution in [0.2, 0.25) is 0 Å². The zero-order valence-electron chi connectivity index (χ0n) is 14.0. The van der Waals surface area contributed by atoms with E-state index in [-0.39, 0.29) is 24.3 Å². The number of hydrogen-bond donors (Lipinski definition) is 1. The Kier molecular flexibility index (Phi) is 5.14. The smallest absolute Gasteiger partial charge is 0.311 e. The summed E-state index contributed by atoms with van der Waals surface area (Å²) in [4.78, 5) is 24.3. The molecule has 0 heterocycles. The summed E-state index contributed by atoms with van der Waals surface area (Å²) in [5.41, 5.74) is 0.918. The van der Waals surface area contributed by atoms with E-state index in [9.17, 15) is 9.59 Å². The highest BCUT2D eigenvalue weighted by molar-refractivity contribution is 5.90. The largest absolute Gasteiger partial charge is 0.452 e. The van der Waals surface area contributed by atoms with E-state index in [0.29, 0.717) is 0 Å². The first-order chi connectivity index (χ1) is 11.6. The minimum Gasteiger partial charge on any atom is -0.452 e. The van der Waals surface area contributed by atoms with Crippen LogP contribution in [0.15, 0.2) is 42.5 Å². The van der Waals surface area contributed by atoms with E-state index in [1.165, 1.54) is 0 Å². The average molecular weight is 325 g/mol. The molecule has 0 radical (unpaired) electrons. The molecule has 2 aromatic carbocycles. The molecule has 1 saturated carbocycles. The van der Waals surface area contributed by atoms with Gasteiger partial charge in [0.1, 0.15) is 0 Å². The van der Waals surface area contributed by atoms with Crippen molar-refractivity contribution in [1.29, 1.82) is 0 Å². The minimum atomic E-state index is -0.756. The molecule has 4 heteroatoms. The predicted molar refractivity (Wildman–Crippen MR) is 93.6 cm³/mol. The predicted octanol–water partition coefficient (Wildman–Crippen LogP) is 3.37. The SMILES string of the molecule is C[C@H](OC(=O)Cc1cccc2ccccc12)C(=O)NC1CCCC1. The zero-order chi connectivity index (χ0) is 16.9. The number of rotatable bonds is 5. The third-order valence-electron chi connectivity index (χ3n) is 4.59. The van der Waals surface area contributed by atoms with E-state index in [2.05, 4.69) is 5.32 Å². The van der Waals surface area contributed by atoms with E-state index < -0.39 is 6.10 Å². The van der Waals surface area contributed by atoms with Crippen LogP contribution >= 0.6 is 0 Å². The van der Waals surface area contributed by atoms with Crippen LogP contribution < -0.4 is 5.32 Å². The maximum Gasteiger partial charge on any atom is 0.311 e. The number of amides is 1. The number of esters is 1. The number of benzene rings is 2. The van der Waals surface area contributed by atoms with Gasteiger partial charge in [-0.1, -0.05) is 55.3 Å². The molecule has 1 N–H and O–H groups in total. The van der Waals surface area contributed by atoms with Crippen molar-refractivity contribution in [3.05, 3.63) is 48.0 Å². The van der Waals surface area contributed by atoms with Crippen molar-refractivity contribution in [2.45, 2.75) is 51.2 Å². The second-order valence-corrected chi connectivity index (χ2v) is 6.44. The van der Waals surface area contributed by atoms with Crippen molar-refractivity contribution < 1.29 is 14.3 Å². The summed E-state index contributed by atoms with van der Waals surface area (Å²) in [7, 11) is 0. The fourth-order valence-electron chi connectivity index (χ4n) is 3.28. The lowest BCUT2D eigenvalue weighted by Crippen LogP contribution is -2.41. The molecule has 24 heavy (non-hydrogen) atoms. The molecule has 0 spiro atoms. The second-order valence-electron chi connectivity index (χ2n) is 6.44. The fourth-order valence-corrected chi connectivity index (χ4v) is 3.28. The number of carbonyl (C=O) groups excluding carboxylic acids is 2. The van der Waals surface area contributed by atoms with Gasteiger partial charge in [0.2, 0.25) is 0 Å². The van der Waals surface area contributed by atoms with Crippen molar-refractivity contribution >= 4 is 22.6 Å². The van der Waals surface area contributed by atoms with Gasteiger partial charge in [-0.25, -0.2) is 0 Å². The van der Waals surface area contributed by atoms with Crippen LogP contribution in [0.3, 0.4) is 0 Å². The van der Waals surface area contributed by atoms with Crippen molar-refractivity contribution in [3.8, 4) is 0 Å². The van der Waals surface area contributed by atoms with E-state index in [4.69, 9.17) is 4.74 Å². The van der Waals surface area contributed by atoms with Gasteiger partial charge in [0.25, 0.3) is 5.91 Å². The normalized spacial score (nSPS) is 16.0. The topological polar surface area (TPSA) is 55.4 Å². The maximum absolute atomic E-state index is 12.2. The highest BCUT2D eigenvalue weighted by atomic mass is 16.5. The molecular formula is C20H23NO3. The van der Waals surface area contributed by atoms with Crippen LogP contribution in [0.5, 0.6) is 0 Å². The summed E-state index contributed by atoms with van der Waals surface area (Å²) < 4.78 is 5.32. The summed E-state index contributed by atoms with van der Waals surface area (Å²) >= 11 is 0. The van der Waals surface area contributed by atoms with E-state index in [1.54, 1.807) is 6.92 Å². The lowest BCUT2D eigenvalue weighted by atomic mass is 10.0. The van der Waals surface area contributed by atoms with Crippen LogP contribution in [0, 0.1) is 0 Å². The van der Waals surface area contributed by atoms with E-state index >= 15 is 0 Å². The van der Waals surface area contributed by atoms with Gasteiger partial charge in [0.05, 0.1) is 6.42 Å². The Bertz CT molecular complexity index is 729. The van der Waals surface area contributed by atoms with Crippen LogP contribution in [0.1, 0.15) is 38.2 Å². The molecule has 1 aliphatic carbocycles. The molecule has 0 unspecified atom stereocenters. The first-order valence-corrected chi connectivity index (χ1v) is 8.60. The molecule has 0 bridgehead atoms. The molecule has 0 saturated heterocycles. The van der Waals surface area contributed by atoms with Gasteiger partial charge in [-0.3, -0.25) is 9.59 Å². The lowest BCUT2D eigenvalue weighted by molar-refractivity contribution is -0.154. The molecule has 4 nitrogen and oxygen atoms in total. The number of nitrogens with one attached hydrogen (secondary N) is 1. The number of hydrogen-bond acceptors (Lipinski definition) is 3. The number of ether oxygens (including phenoxy) is 1. The summed E-state index contributed by atoms with van der Waals surface area (Å²) in [5.74, 6) is -0.575. The van der Waals surface area contributed by atoms with Gasteiger partial charge < -0.3 is 10.1 Å². The van der Waals surface area contributed by atoms with Crippen LogP contribution in [-0.4, -0.2) is 24.0 Å². The summed E-state index contributed by atoms with van der Waals surface area (Å²) in [6.45, 7) is 1.63. The standard InChI is InChI=1S/C20H23NO3/c1-14(20(23)21-17-10-3-4-11-17)24-19(22)13-16-9-6-8-15-7-2-5-12-18(15)16/h2,5-9,12,14,17H,3-4,10-11,13H2,1H3,(H,21,23)/t14-/m0/s1. The first-order valence-electron chi connectivity index (χ1n) is 8.60. The zero-order valence-corrected chi connectivity index (χ0v) is 14.0. The van der Waals surface area contributed by atoms with Gasteiger partial charge in [0, 0.05) is 6.04 Å². The van der Waals surface area contributed by atoms with Gasteiger partial charge in [-0.05, 0) is 36.1 Å². The van der Waals surface area contributed by atoms with Crippen molar-refractivity contribution in [2.24, 2.45) is 0 Å². The quantitative estimate of drug-likeness (QED) is 0.858. The third-order valence-corrected chi connectivity index (χ3v) is 4.59. The van der Waals surface area contributed by atoms with Crippen LogP contribution in [0.4, 0.5) is 0 Å². The highest BCUT2D eigenvalue weighted by Crippen LogP contribution is 2.20. The monoisotopic (exact) mass is 325 g/mol. The minimum absolute atomic E-state index is 0.169. The molecule has 0 aromatic heterocycles. The Morgan fingerprint density at radius 2 is 1.83 bits per heavy atom. The van der Waals surface area contributed by atoms with Gasteiger partial charge >= 0.3 is 5.97 Å². The van der Waals surface area contributed by atoms with Crippen molar-refractivity contribution in [2.75, 3.05) is 0 Å². The second kappa shape index (κ2) is 7.47. The average Bonchev–Trinajstić information content (AvgIpc) is 3.08. The Morgan fingerprint density at radius 1 is 1.12 bits per heavy atom. The van der Waals surface area contributed by atoms with Crippen LogP contribution in [0.25, 0.3) is 10.8 Å². The maximum atomic E-state index is 12.2. The Morgan fingerprint density at radius 3 is 2.62 bits per heavy atom. The Labute approximate surface area is 142 Å². The first kappa shape index (κ1) is 16.5.